The molecule has 2 N–H and O–H groups in total. The van der Waals surface area contributed by atoms with Gasteiger partial charge < -0.3 is 15.1 Å². The second-order valence-electron chi connectivity index (χ2n) is 4.00. The maximum atomic E-state index is 11.7. The molecule has 0 radical (unpaired) electrons. The fraction of sp³-hybridized carbons (Fsp3) is 0.0667. The lowest BCUT2D eigenvalue weighted by molar-refractivity contribution is -0.111. The van der Waals surface area contributed by atoms with Crippen LogP contribution >= 0.6 is 0 Å². The zero-order valence-corrected chi connectivity index (χ0v) is 10.9. The van der Waals surface area contributed by atoms with Crippen molar-refractivity contribution in [2.75, 3.05) is 12.4 Å². The van der Waals surface area contributed by atoms with Gasteiger partial charge in [0.2, 0.25) is 5.91 Å². The van der Waals surface area contributed by atoms with Crippen molar-refractivity contribution >= 4 is 23.6 Å². The molecule has 0 fully saturated rings. The van der Waals surface area contributed by atoms with E-state index < -0.39 is 0 Å². The molecule has 102 valence electrons. The first-order chi connectivity index (χ1) is 9.69. The SMILES string of the molecule is CNC(=O)c1cccc(NC(=O)/C=C/c2ccco2)c1. The third-order valence-corrected chi connectivity index (χ3v) is 2.56. The minimum absolute atomic E-state index is 0.202. The topological polar surface area (TPSA) is 71.3 Å². The maximum absolute atomic E-state index is 11.7. The van der Waals surface area contributed by atoms with Crippen molar-refractivity contribution in [2.24, 2.45) is 0 Å². The number of furan rings is 1. The highest BCUT2D eigenvalue weighted by atomic mass is 16.3. The standard InChI is InChI=1S/C15H14N2O3/c1-16-15(19)11-4-2-5-12(10-11)17-14(18)8-7-13-6-3-9-20-13/h2-10H,1H3,(H,16,19)(H,17,18)/b8-7+. The van der Waals surface area contributed by atoms with Crippen molar-refractivity contribution in [2.45, 2.75) is 0 Å². The predicted octanol–water partition coefficient (Wildman–Crippen LogP) is 2.29. The Morgan fingerprint density at radius 3 is 2.75 bits per heavy atom. The third-order valence-electron chi connectivity index (χ3n) is 2.56. The van der Waals surface area contributed by atoms with E-state index in [0.29, 0.717) is 17.0 Å². The Bertz CT molecular complexity index is 630. The molecule has 2 rings (SSSR count). The number of carbonyl (C=O) groups excluding carboxylic acids is 2. The molecule has 5 nitrogen and oxygen atoms in total. The van der Waals surface area contributed by atoms with Crippen LogP contribution in [-0.4, -0.2) is 18.9 Å². The highest BCUT2D eigenvalue weighted by Crippen LogP contribution is 2.11. The molecule has 2 amide bonds. The van der Waals surface area contributed by atoms with Gasteiger partial charge in [-0.25, -0.2) is 0 Å². The Morgan fingerprint density at radius 1 is 1.20 bits per heavy atom. The highest BCUT2D eigenvalue weighted by molar-refractivity contribution is 6.02. The number of carbonyl (C=O) groups is 2. The van der Waals surface area contributed by atoms with Crippen LogP contribution in [0.4, 0.5) is 5.69 Å². The van der Waals surface area contributed by atoms with Crippen LogP contribution in [0.2, 0.25) is 0 Å². The fourth-order valence-corrected chi connectivity index (χ4v) is 1.61. The van der Waals surface area contributed by atoms with Gasteiger partial charge in [0.15, 0.2) is 0 Å². The molecule has 1 aromatic carbocycles. The highest BCUT2D eigenvalue weighted by Gasteiger charge is 2.04. The number of nitrogens with one attached hydrogen (secondary N) is 2. The van der Waals surface area contributed by atoms with Gasteiger partial charge in [-0.2, -0.15) is 0 Å². The number of amides is 2. The first-order valence-corrected chi connectivity index (χ1v) is 6.04. The second-order valence-corrected chi connectivity index (χ2v) is 4.00. The average molecular weight is 270 g/mol. The number of hydrogen-bond acceptors (Lipinski definition) is 3. The van der Waals surface area contributed by atoms with E-state index in [2.05, 4.69) is 10.6 Å². The molecule has 0 atom stereocenters. The van der Waals surface area contributed by atoms with Crippen molar-refractivity contribution in [3.8, 4) is 0 Å². The molecule has 0 bridgehead atoms. The summed E-state index contributed by atoms with van der Waals surface area (Å²) in [5.41, 5.74) is 1.04. The van der Waals surface area contributed by atoms with E-state index in [1.165, 1.54) is 12.3 Å². The van der Waals surface area contributed by atoms with Crippen molar-refractivity contribution in [1.29, 1.82) is 0 Å². The minimum atomic E-state index is -0.296. The van der Waals surface area contributed by atoms with Crippen molar-refractivity contribution in [3.05, 3.63) is 60.1 Å². The zero-order chi connectivity index (χ0) is 14.4. The monoisotopic (exact) mass is 270 g/mol. The van der Waals surface area contributed by atoms with Crippen LogP contribution in [0.1, 0.15) is 16.1 Å². The summed E-state index contributed by atoms with van der Waals surface area (Å²) < 4.78 is 5.08. The number of hydrogen-bond donors (Lipinski definition) is 2. The summed E-state index contributed by atoms with van der Waals surface area (Å²) in [6.45, 7) is 0. The molecule has 0 spiro atoms. The lowest BCUT2D eigenvalue weighted by Crippen LogP contribution is -2.18. The Balaban J connectivity index is 2.02. The summed E-state index contributed by atoms with van der Waals surface area (Å²) in [5, 5.41) is 5.20. The molecule has 1 aromatic heterocycles. The maximum Gasteiger partial charge on any atom is 0.251 e. The van der Waals surface area contributed by atoms with Gasteiger partial charge in [0.05, 0.1) is 6.26 Å². The lowest BCUT2D eigenvalue weighted by atomic mass is 10.2. The minimum Gasteiger partial charge on any atom is -0.465 e. The van der Waals surface area contributed by atoms with Gasteiger partial charge in [-0.15, -0.1) is 0 Å². The van der Waals surface area contributed by atoms with Crippen LogP contribution in [0.5, 0.6) is 0 Å². The molecular formula is C15H14N2O3. The Hall–Kier alpha value is -2.82. The molecule has 0 saturated carbocycles. The number of anilines is 1. The van der Waals surface area contributed by atoms with Gasteiger partial charge in [-0.3, -0.25) is 9.59 Å². The van der Waals surface area contributed by atoms with E-state index in [0.717, 1.165) is 0 Å². The molecule has 0 aliphatic heterocycles. The summed E-state index contributed by atoms with van der Waals surface area (Å²) in [4.78, 5) is 23.2. The molecule has 20 heavy (non-hydrogen) atoms. The zero-order valence-electron chi connectivity index (χ0n) is 10.9. The summed E-state index contributed by atoms with van der Waals surface area (Å²) in [6, 6.07) is 10.2. The molecule has 5 heteroatoms. The molecular weight excluding hydrogens is 256 g/mol. The van der Waals surface area contributed by atoms with Gasteiger partial charge >= 0.3 is 0 Å². The van der Waals surface area contributed by atoms with Gasteiger partial charge in [0.1, 0.15) is 5.76 Å². The molecule has 0 aliphatic rings. The van der Waals surface area contributed by atoms with Crippen molar-refractivity contribution in [1.82, 2.24) is 5.32 Å². The summed E-state index contributed by atoms with van der Waals surface area (Å²) >= 11 is 0. The van der Waals surface area contributed by atoms with Crippen molar-refractivity contribution < 1.29 is 14.0 Å². The third kappa shape index (κ3) is 3.58. The first-order valence-electron chi connectivity index (χ1n) is 6.04. The molecule has 0 aliphatic carbocycles. The van der Waals surface area contributed by atoms with E-state index in [1.807, 2.05) is 0 Å². The number of rotatable bonds is 4. The van der Waals surface area contributed by atoms with E-state index in [1.54, 1.807) is 49.5 Å². The lowest BCUT2D eigenvalue weighted by Gasteiger charge is -2.04. The fourth-order valence-electron chi connectivity index (χ4n) is 1.61. The van der Waals surface area contributed by atoms with Gasteiger partial charge in [-0.05, 0) is 36.4 Å². The van der Waals surface area contributed by atoms with E-state index in [4.69, 9.17) is 4.42 Å². The Kier molecular flexibility index (Phi) is 4.34. The van der Waals surface area contributed by atoms with Gasteiger partial charge in [0.25, 0.3) is 5.91 Å². The number of benzene rings is 1. The average Bonchev–Trinajstić information content (AvgIpc) is 2.98. The van der Waals surface area contributed by atoms with Crippen LogP contribution in [0, 0.1) is 0 Å². The molecule has 1 heterocycles. The summed E-state index contributed by atoms with van der Waals surface area (Å²) in [5.74, 6) is 0.0990. The summed E-state index contributed by atoms with van der Waals surface area (Å²) in [7, 11) is 1.56. The molecule has 0 saturated heterocycles. The Labute approximate surface area is 116 Å². The van der Waals surface area contributed by atoms with Gasteiger partial charge in [0, 0.05) is 24.4 Å². The van der Waals surface area contributed by atoms with Crippen LogP contribution in [0.15, 0.2) is 53.2 Å². The molecule has 0 unspecified atom stereocenters. The smallest absolute Gasteiger partial charge is 0.251 e. The summed E-state index contributed by atoms with van der Waals surface area (Å²) in [6.07, 6.45) is 4.47. The Morgan fingerprint density at radius 2 is 2.05 bits per heavy atom. The normalized spacial score (nSPS) is 10.4. The first kappa shape index (κ1) is 13.6. The quantitative estimate of drug-likeness (QED) is 0.837. The van der Waals surface area contributed by atoms with Gasteiger partial charge in [-0.1, -0.05) is 6.07 Å². The van der Waals surface area contributed by atoms with E-state index in [-0.39, 0.29) is 11.8 Å². The van der Waals surface area contributed by atoms with Crippen LogP contribution in [0.25, 0.3) is 6.08 Å². The second kappa shape index (κ2) is 6.38. The molecule has 2 aromatic rings. The van der Waals surface area contributed by atoms with Crippen LogP contribution in [0.3, 0.4) is 0 Å². The van der Waals surface area contributed by atoms with Crippen molar-refractivity contribution in [3.63, 3.8) is 0 Å². The van der Waals surface area contributed by atoms with Crippen LogP contribution < -0.4 is 10.6 Å². The largest absolute Gasteiger partial charge is 0.465 e. The predicted molar refractivity (Wildman–Crippen MR) is 76.2 cm³/mol. The van der Waals surface area contributed by atoms with E-state index in [9.17, 15) is 9.59 Å². The van der Waals surface area contributed by atoms with Crippen LogP contribution in [-0.2, 0) is 4.79 Å². The van der Waals surface area contributed by atoms with E-state index >= 15 is 0 Å².